The van der Waals surface area contributed by atoms with Gasteiger partial charge in [-0.2, -0.15) is 5.01 Å². The molecule has 5 nitrogen and oxygen atoms in total. The molecule has 3 atom stereocenters. The van der Waals surface area contributed by atoms with Gasteiger partial charge in [0.05, 0.1) is 29.0 Å². The molecular weight excluding hydrogens is 423 g/mol. The lowest BCUT2D eigenvalue weighted by atomic mass is 9.78. The summed E-state index contributed by atoms with van der Waals surface area (Å²) in [6.45, 7) is 1.89. The molecule has 1 fully saturated rings. The Morgan fingerprint density at radius 2 is 1.70 bits per heavy atom. The zero-order chi connectivity index (χ0) is 21.4. The zero-order valence-electron chi connectivity index (χ0n) is 16.3. The Morgan fingerprint density at radius 3 is 2.37 bits per heavy atom. The van der Waals surface area contributed by atoms with Gasteiger partial charge >= 0.3 is 0 Å². The van der Waals surface area contributed by atoms with E-state index >= 15 is 0 Å². The van der Waals surface area contributed by atoms with E-state index in [1.165, 1.54) is 5.01 Å². The summed E-state index contributed by atoms with van der Waals surface area (Å²) in [6.07, 6.45) is 4.36. The quantitative estimate of drug-likeness (QED) is 0.506. The summed E-state index contributed by atoms with van der Waals surface area (Å²) in [4.78, 5) is 40.0. The van der Waals surface area contributed by atoms with Gasteiger partial charge in [-0.25, -0.2) is 5.01 Å². The van der Waals surface area contributed by atoms with Gasteiger partial charge in [0, 0.05) is 5.02 Å². The van der Waals surface area contributed by atoms with Crippen molar-refractivity contribution in [2.24, 2.45) is 17.8 Å². The fourth-order valence-electron chi connectivity index (χ4n) is 4.16. The summed E-state index contributed by atoms with van der Waals surface area (Å²) in [5.41, 5.74) is 0.842. The molecule has 1 saturated heterocycles. The van der Waals surface area contributed by atoms with Gasteiger partial charge in [0.15, 0.2) is 0 Å². The molecule has 2 aliphatic rings. The molecule has 2 aromatic rings. The second kappa shape index (κ2) is 8.25. The van der Waals surface area contributed by atoms with Crippen LogP contribution in [0.2, 0.25) is 10.0 Å². The van der Waals surface area contributed by atoms with Gasteiger partial charge in [-0.1, -0.05) is 72.6 Å². The molecule has 0 spiro atoms. The molecule has 0 bridgehead atoms. The van der Waals surface area contributed by atoms with E-state index < -0.39 is 17.7 Å². The first-order valence-electron chi connectivity index (χ1n) is 9.74. The van der Waals surface area contributed by atoms with Crippen molar-refractivity contribution >= 4 is 40.9 Å². The number of carbonyl (C=O) groups is 3. The number of amides is 3. The Morgan fingerprint density at radius 1 is 1.03 bits per heavy atom. The number of rotatable bonds is 4. The van der Waals surface area contributed by atoms with E-state index in [4.69, 9.17) is 23.2 Å². The molecule has 1 heterocycles. The highest BCUT2D eigenvalue weighted by molar-refractivity contribution is 6.34. The molecule has 2 aromatic carbocycles. The van der Waals surface area contributed by atoms with Crippen LogP contribution in [0.3, 0.4) is 0 Å². The number of fused-ring (bicyclic) bond motifs is 1. The first kappa shape index (κ1) is 20.6. The van der Waals surface area contributed by atoms with Crippen LogP contribution in [-0.2, 0) is 16.1 Å². The van der Waals surface area contributed by atoms with Crippen LogP contribution in [0.1, 0.15) is 29.3 Å². The summed E-state index contributed by atoms with van der Waals surface area (Å²) >= 11 is 12.6. The Balaban J connectivity index is 1.77. The zero-order valence-corrected chi connectivity index (χ0v) is 17.8. The van der Waals surface area contributed by atoms with Crippen molar-refractivity contribution in [3.63, 3.8) is 0 Å². The predicted molar refractivity (Wildman–Crippen MR) is 115 cm³/mol. The van der Waals surface area contributed by atoms with Crippen LogP contribution >= 0.6 is 23.2 Å². The van der Waals surface area contributed by atoms with Gasteiger partial charge in [0.1, 0.15) is 0 Å². The predicted octanol–water partition coefficient (Wildman–Crippen LogP) is 4.75. The topological polar surface area (TPSA) is 57.7 Å². The van der Waals surface area contributed by atoms with E-state index in [-0.39, 0.29) is 34.9 Å². The normalized spacial score (nSPS) is 22.9. The molecule has 30 heavy (non-hydrogen) atoms. The number of hydrogen-bond acceptors (Lipinski definition) is 3. The standard InChI is InChI=1S/C23H20Cl2N2O3/c1-14-7-6-10-17-20(14)23(30)27(22(17)29)26(13-15-8-2-4-11-18(15)24)21(28)16-9-3-5-12-19(16)25/h2-9,11-12,14,17,20H,10,13H2,1H3/t14-,17+,20-/m1/s1. The maximum Gasteiger partial charge on any atom is 0.274 e. The van der Waals surface area contributed by atoms with Crippen LogP contribution < -0.4 is 0 Å². The minimum absolute atomic E-state index is 0.0253. The number of carbonyl (C=O) groups excluding carboxylic acids is 3. The smallest absolute Gasteiger partial charge is 0.272 e. The number of hydrogen-bond donors (Lipinski definition) is 0. The molecule has 4 rings (SSSR count). The number of nitrogens with zero attached hydrogens (tertiary/aromatic N) is 2. The second-order valence-electron chi connectivity index (χ2n) is 7.58. The molecule has 0 aromatic heterocycles. The maximum atomic E-state index is 13.5. The van der Waals surface area contributed by atoms with Gasteiger partial charge in [-0.05, 0) is 36.1 Å². The van der Waals surface area contributed by atoms with Crippen LogP contribution in [0.5, 0.6) is 0 Å². The van der Waals surface area contributed by atoms with Gasteiger partial charge in [-0.3, -0.25) is 14.4 Å². The van der Waals surface area contributed by atoms with E-state index in [1.807, 2.05) is 19.1 Å². The fraction of sp³-hybridized carbons (Fsp3) is 0.261. The number of halogens is 2. The van der Waals surface area contributed by atoms with Crippen LogP contribution in [0, 0.1) is 17.8 Å². The minimum Gasteiger partial charge on any atom is -0.272 e. The van der Waals surface area contributed by atoms with E-state index in [9.17, 15) is 14.4 Å². The van der Waals surface area contributed by atoms with Gasteiger partial charge < -0.3 is 0 Å². The number of imide groups is 1. The summed E-state index contributed by atoms with van der Waals surface area (Å²) in [7, 11) is 0. The van der Waals surface area contributed by atoms with E-state index in [2.05, 4.69) is 0 Å². The highest BCUT2D eigenvalue weighted by Crippen LogP contribution is 2.40. The van der Waals surface area contributed by atoms with Crippen molar-refractivity contribution < 1.29 is 14.4 Å². The van der Waals surface area contributed by atoms with Crippen molar-refractivity contribution in [3.8, 4) is 0 Å². The van der Waals surface area contributed by atoms with Crippen LogP contribution in [0.25, 0.3) is 0 Å². The summed E-state index contributed by atoms with van der Waals surface area (Å²) in [6, 6.07) is 13.6. The third-order valence-corrected chi connectivity index (χ3v) is 6.41. The number of hydrazine groups is 1. The van der Waals surface area contributed by atoms with Crippen molar-refractivity contribution in [1.29, 1.82) is 0 Å². The SMILES string of the molecule is C[C@@H]1C=CC[C@@H]2C(=O)N(N(Cc3ccccc3Cl)C(=O)c3ccccc3Cl)C(=O)[C@H]12. The van der Waals surface area contributed by atoms with Gasteiger partial charge in [0.2, 0.25) is 0 Å². The second-order valence-corrected chi connectivity index (χ2v) is 8.39. The van der Waals surface area contributed by atoms with E-state index in [0.29, 0.717) is 17.0 Å². The van der Waals surface area contributed by atoms with Crippen molar-refractivity contribution in [3.05, 3.63) is 81.9 Å². The summed E-state index contributed by atoms with van der Waals surface area (Å²) in [5, 5.41) is 2.88. The number of allylic oxidation sites excluding steroid dienone is 2. The highest BCUT2D eigenvalue weighted by atomic mass is 35.5. The van der Waals surface area contributed by atoms with Crippen LogP contribution in [0.15, 0.2) is 60.7 Å². The molecular formula is C23H20Cl2N2O3. The summed E-state index contributed by atoms with van der Waals surface area (Å²) < 4.78 is 0. The lowest BCUT2D eigenvalue weighted by Crippen LogP contribution is -2.50. The summed E-state index contributed by atoms with van der Waals surface area (Å²) in [5.74, 6) is -2.28. The third kappa shape index (κ3) is 3.53. The van der Waals surface area contributed by atoms with Crippen molar-refractivity contribution in [2.75, 3.05) is 0 Å². The molecule has 0 unspecified atom stereocenters. The van der Waals surface area contributed by atoms with E-state index in [1.54, 1.807) is 48.5 Å². The molecule has 1 aliphatic heterocycles. The Hall–Kier alpha value is -2.63. The largest absolute Gasteiger partial charge is 0.274 e. The first-order valence-corrected chi connectivity index (χ1v) is 10.5. The molecule has 7 heteroatoms. The molecule has 0 radical (unpaired) electrons. The van der Waals surface area contributed by atoms with Crippen molar-refractivity contribution in [1.82, 2.24) is 10.0 Å². The molecule has 0 saturated carbocycles. The van der Waals surface area contributed by atoms with Gasteiger partial charge in [-0.15, -0.1) is 0 Å². The number of benzene rings is 2. The first-order chi connectivity index (χ1) is 14.4. The third-order valence-electron chi connectivity index (χ3n) is 5.71. The minimum atomic E-state index is -0.526. The average Bonchev–Trinajstić information content (AvgIpc) is 2.99. The van der Waals surface area contributed by atoms with Crippen molar-refractivity contribution in [2.45, 2.75) is 19.9 Å². The highest BCUT2D eigenvalue weighted by Gasteiger charge is 2.53. The van der Waals surface area contributed by atoms with Crippen LogP contribution in [-0.4, -0.2) is 27.7 Å². The molecule has 1 aliphatic carbocycles. The Bertz CT molecular complexity index is 1050. The average molecular weight is 443 g/mol. The Labute approximate surface area is 184 Å². The lowest BCUT2D eigenvalue weighted by molar-refractivity contribution is -0.155. The van der Waals surface area contributed by atoms with E-state index in [0.717, 1.165) is 5.01 Å². The molecule has 154 valence electrons. The monoisotopic (exact) mass is 442 g/mol. The molecule has 3 amide bonds. The maximum absolute atomic E-state index is 13.5. The molecule has 0 N–H and O–H groups in total. The Kier molecular flexibility index (Phi) is 5.67. The lowest BCUT2D eigenvalue weighted by Gasteiger charge is -2.31. The van der Waals surface area contributed by atoms with Gasteiger partial charge in [0.25, 0.3) is 17.7 Å². The van der Waals surface area contributed by atoms with Crippen LogP contribution in [0.4, 0.5) is 0 Å². The fourth-order valence-corrected chi connectivity index (χ4v) is 4.58.